The number of ketones is 1. The van der Waals surface area contributed by atoms with Crippen LogP contribution in [-0.2, 0) is 16.6 Å². The first kappa shape index (κ1) is 14.1. The normalized spacial score (nSPS) is 15.7. The number of anilines is 1. The fraction of sp³-hybridized carbons (Fsp3) is 0.235. The lowest BCUT2D eigenvalue weighted by atomic mass is 9.88. The molecule has 2 aromatic carbocycles. The van der Waals surface area contributed by atoms with Crippen LogP contribution < -0.4 is 5.73 Å². The second-order valence-electron chi connectivity index (χ2n) is 5.54. The highest BCUT2D eigenvalue weighted by atomic mass is 35.5. The summed E-state index contributed by atoms with van der Waals surface area (Å²) in [5.74, 6) is -0.353. The standard InChI is InChI=1S/C17H15ClFNO/c18-13-3-6-15(19)11(9-13)10-16(21)17(7-8-17)12-1-4-14(20)5-2-12/h1-6,9H,7-8,10,20H2. The van der Waals surface area contributed by atoms with E-state index in [0.717, 1.165) is 18.4 Å². The Bertz CT molecular complexity index is 692. The largest absolute Gasteiger partial charge is 0.399 e. The van der Waals surface area contributed by atoms with Gasteiger partial charge in [0.1, 0.15) is 11.6 Å². The quantitative estimate of drug-likeness (QED) is 0.870. The predicted octanol–water partition coefficient (Wildman–Crippen LogP) is 3.90. The van der Waals surface area contributed by atoms with Gasteiger partial charge in [0.15, 0.2) is 0 Å². The van der Waals surface area contributed by atoms with Gasteiger partial charge in [-0.1, -0.05) is 23.7 Å². The van der Waals surface area contributed by atoms with E-state index in [2.05, 4.69) is 0 Å². The molecule has 2 nitrogen and oxygen atoms in total. The number of rotatable bonds is 4. The van der Waals surface area contributed by atoms with E-state index in [0.29, 0.717) is 16.3 Å². The summed E-state index contributed by atoms with van der Waals surface area (Å²) >= 11 is 5.87. The molecule has 0 radical (unpaired) electrons. The number of hydrogen-bond donors (Lipinski definition) is 1. The summed E-state index contributed by atoms with van der Waals surface area (Å²) < 4.78 is 13.8. The molecule has 0 heterocycles. The van der Waals surface area contributed by atoms with Crippen molar-refractivity contribution < 1.29 is 9.18 Å². The molecule has 1 aliphatic rings. The lowest BCUT2D eigenvalue weighted by Gasteiger charge is -2.15. The highest BCUT2D eigenvalue weighted by Crippen LogP contribution is 2.49. The summed E-state index contributed by atoms with van der Waals surface area (Å²) in [6, 6.07) is 11.7. The van der Waals surface area contributed by atoms with E-state index in [1.54, 1.807) is 12.1 Å². The molecule has 2 N–H and O–H groups in total. The van der Waals surface area contributed by atoms with E-state index in [4.69, 9.17) is 17.3 Å². The van der Waals surface area contributed by atoms with E-state index in [-0.39, 0.29) is 18.0 Å². The maximum absolute atomic E-state index is 13.8. The molecule has 3 rings (SSSR count). The first-order valence-corrected chi connectivity index (χ1v) is 7.22. The summed E-state index contributed by atoms with van der Waals surface area (Å²) in [7, 11) is 0. The highest BCUT2D eigenvalue weighted by Gasteiger charge is 2.50. The lowest BCUT2D eigenvalue weighted by Crippen LogP contribution is -2.23. The topological polar surface area (TPSA) is 43.1 Å². The molecular formula is C17H15ClFNO. The van der Waals surface area contributed by atoms with Crippen molar-refractivity contribution in [3.63, 3.8) is 0 Å². The number of nitrogens with two attached hydrogens (primary N) is 1. The number of carbonyl (C=O) groups excluding carboxylic acids is 1. The monoisotopic (exact) mass is 303 g/mol. The molecule has 0 atom stereocenters. The molecule has 1 saturated carbocycles. The van der Waals surface area contributed by atoms with Gasteiger partial charge >= 0.3 is 0 Å². The number of carbonyl (C=O) groups is 1. The Morgan fingerprint density at radius 3 is 2.48 bits per heavy atom. The van der Waals surface area contributed by atoms with E-state index < -0.39 is 5.41 Å². The van der Waals surface area contributed by atoms with Crippen LogP contribution in [0.1, 0.15) is 24.0 Å². The Balaban J connectivity index is 1.85. The Labute approximate surface area is 127 Å². The highest BCUT2D eigenvalue weighted by molar-refractivity contribution is 6.30. The average molecular weight is 304 g/mol. The van der Waals surface area contributed by atoms with Crippen molar-refractivity contribution in [1.29, 1.82) is 0 Å². The fourth-order valence-electron chi connectivity index (χ4n) is 2.68. The van der Waals surface area contributed by atoms with Gasteiger partial charge in [0.05, 0.1) is 5.41 Å². The van der Waals surface area contributed by atoms with Crippen LogP contribution in [-0.4, -0.2) is 5.78 Å². The van der Waals surface area contributed by atoms with Gasteiger partial charge in [0.2, 0.25) is 0 Å². The van der Waals surface area contributed by atoms with Gasteiger partial charge in [-0.25, -0.2) is 4.39 Å². The summed E-state index contributed by atoms with van der Waals surface area (Å²) in [5, 5.41) is 0.441. The van der Waals surface area contributed by atoms with Crippen molar-refractivity contribution in [3.05, 3.63) is 64.4 Å². The molecule has 2 aromatic rings. The summed E-state index contributed by atoms with van der Waals surface area (Å²) in [6.07, 6.45) is 1.67. The molecule has 0 unspecified atom stereocenters. The van der Waals surface area contributed by atoms with E-state index >= 15 is 0 Å². The zero-order chi connectivity index (χ0) is 15.0. The van der Waals surface area contributed by atoms with Gasteiger partial charge in [-0.3, -0.25) is 4.79 Å². The van der Waals surface area contributed by atoms with Crippen LogP contribution in [0, 0.1) is 5.82 Å². The van der Waals surface area contributed by atoms with Crippen LogP contribution in [0.4, 0.5) is 10.1 Å². The third-order valence-electron chi connectivity index (χ3n) is 4.11. The van der Waals surface area contributed by atoms with Crippen molar-refractivity contribution in [1.82, 2.24) is 0 Å². The van der Waals surface area contributed by atoms with Crippen LogP contribution in [0.3, 0.4) is 0 Å². The van der Waals surface area contributed by atoms with Gasteiger partial charge < -0.3 is 5.73 Å². The number of benzene rings is 2. The van der Waals surface area contributed by atoms with Crippen LogP contribution in [0.2, 0.25) is 5.02 Å². The van der Waals surface area contributed by atoms with Gasteiger partial charge in [-0.15, -0.1) is 0 Å². The Kier molecular flexibility index (Phi) is 3.46. The molecule has 1 aliphatic carbocycles. The maximum atomic E-state index is 13.8. The van der Waals surface area contributed by atoms with E-state index in [1.807, 2.05) is 12.1 Å². The molecule has 0 amide bonds. The van der Waals surface area contributed by atoms with E-state index in [9.17, 15) is 9.18 Å². The van der Waals surface area contributed by atoms with Gasteiger partial charge in [-0.2, -0.15) is 0 Å². The van der Waals surface area contributed by atoms with Gasteiger partial charge in [0.25, 0.3) is 0 Å². The van der Waals surface area contributed by atoms with Crippen LogP contribution in [0.25, 0.3) is 0 Å². The predicted molar refractivity (Wildman–Crippen MR) is 81.9 cm³/mol. The molecule has 0 aliphatic heterocycles. The van der Waals surface area contributed by atoms with Gasteiger partial charge in [-0.05, 0) is 54.3 Å². The molecule has 4 heteroatoms. The minimum absolute atomic E-state index is 0.0356. The van der Waals surface area contributed by atoms with Crippen molar-refractivity contribution in [3.8, 4) is 0 Å². The zero-order valence-corrected chi connectivity index (χ0v) is 12.2. The number of nitrogen functional groups attached to an aromatic ring is 1. The van der Waals surface area contributed by atoms with Gasteiger partial charge in [0, 0.05) is 17.1 Å². The molecule has 0 saturated heterocycles. The van der Waals surface area contributed by atoms with Crippen LogP contribution in [0.15, 0.2) is 42.5 Å². The third-order valence-corrected chi connectivity index (χ3v) is 4.34. The lowest BCUT2D eigenvalue weighted by molar-refractivity contribution is -0.120. The Morgan fingerprint density at radius 2 is 1.86 bits per heavy atom. The molecule has 108 valence electrons. The minimum atomic E-state index is -0.470. The first-order chi connectivity index (χ1) is 10.0. The number of hydrogen-bond acceptors (Lipinski definition) is 2. The van der Waals surface area contributed by atoms with Crippen LogP contribution in [0.5, 0.6) is 0 Å². The number of Topliss-reactive ketones (excluding diaryl/α,β-unsaturated/α-hetero) is 1. The van der Waals surface area contributed by atoms with E-state index in [1.165, 1.54) is 18.2 Å². The summed E-state index contributed by atoms with van der Waals surface area (Å²) in [4.78, 5) is 12.6. The second kappa shape index (κ2) is 5.15. The first-order valence-electron chi connectivity index (χ1n) is 6.84. The average Bonchev–Trinajstić information content (AvgIpc) is 3.25. The second-order valence-corrected chi connectivity index (χ2v) is 5.98. The Hall–Kier alpha value is -1.87. The molecular weight excluding hydrogens is 289 g/mol. The minimum Gasteiger partial charge on any atom is -0.399 e. The molecule has 1 fully saturated rings. The third kappa shape index (κ3) is 2.66. The molecule has 21 heavy (non-hydrogen) atoms. The Morgan fingerprint density at radius 1 is 1.19 bits per heavy atom. The fourth-order valence-corrected chi connectivity index (χ4v) is 2.87. The molecule has 0 aromatic heterocycles. The SMILES string of the molecule is Nc1ccc(C2(C(=O)Cc3cc(Cl)ccc3F)CC2)cc1. The van der Waals surface area contributed by atoms with Crippen molar-refractivity contribution in [2.24, 2.45) is 0 Å². The smallest absolute Gasteiger partial charge is 0.147 e. The van der Waals surface area contributed by atoms with Crippen LogP contribution >= 0.6 is 11.6 Å². The summed E-state index contributed by atoms with van der Waals surface area (Å²) in [5.41, 5.74) is 7.19. The summed E-state index contributed by atoms with van der Waals surface area (Å²) in [6.45, 7) is 0. The molecule has 0 spiro atoms. The zero-order valence-electron chi connectivity index (χ0n) is 11.4. The van der Waals surface area contributed by atoms with Crippen molar-refractivity contribution >= 4 is 23.1 Å². The van der Waals surface area contributed by atoms with Crippen molar-refractivity contribution in [2.45, 2.75) is 24.7 Å². The molecule has 0 bridgehead atoms. The number of halogens is 2. The maximum Gasteiger partial charge on any atom is 0.147 e. The van der Waals surface area contributed by atoms with Crippen molar-refractivity contribution in [2.75, 3.05) is 5.73 Å².